The Balaban J connectivity index is 0.00000300. The summed E-state index contributed by atoms with van der Waals surface area (Å²) < 4.78 is 11.0. The van der Waals surface area contributed by atoms with E-state index < -0.39 is 0 Å². The molecule has 0 saturated carbocycles. The van der Waals surface area contributed by atoms with Crippen LogP contribution in [0.2, 0.25) is 0 Å². The zero-order chi connectivity index (χ0) is 19.8. The van der Waals surface area contributed by atoms with Crippen LogP contribution in [0.15, 0.2) is 29.3 Å². The molecule has 1 aromatic carbocycles. The fourth-order valence-electron chi connectivity index (χ4n) is 4.18. The number of nitrogens with one attached hydrogen (secondary N) is 1. The van der Waals surface area contributed by atoms with E-state index >= 15 is 0 Å². The number of nitrogens with zero attached hydrogens (tertiary/aromatic N) is 3. The summed E-state index contributed by atoms with van der Waals surface area (Å²) in [6.45, 7) is 8.77. The van der Waals surface area contributed by atoms with Crippen molar-refractivity contribution in [1.82, 2.24) is 15.1 Å². The number of rotatable bonds is 8. The SMILES string of the molecule is CCNC(=NCC(c1cccc(OC)c1)N1CCCC1)N(C)CC1CCOC1.I. The van der Waals surface area contributed by atoms with Crippen LogP contribution in [0, 0.1) is 5.92 Å². The largest absolute Gasteiger partial charge is 0.497 e. The zero-order valence-electron chi connectivity index (χ0n) is 18.1. The third-order valence-corrected chi connectivity index (χ3v) is 5.73. The lowest BCUT2D eigenvalue weighted by Crippen LogP contribution is -2.42. The lowest BCUT2D eigenvalue weighted by molar-refractivity contribution is 0.181. The standard InChI is InChI=1S/C22H36N4O2.HI/c1-4-23-22(25(2)16-18-10-13-28-17-18)24-15-21(26-11-5-6-12-26)19-8-7-9-20(14-19)27-3;/h7-9,14,18,21H,4-6,10-13,15-17H2,1-3H3,(H,23,24);1H. The van der Waals surface area contributed by atoms with E-state index in [0.29, 0.717) is 5.92 Å². The smallest absolute Gasteiger partial charge is 0.193 e. The van der Waals surface area contributed by atoms with Gasteiger partial charge in [0.25, 0.3) is 0 Å². The van der Waals surface area contributed by atoms with Crippen molar-refractivity contribution < 1.29 is 9.47 Å². The number of guanidine groups is 1. The molecule has 0 radical (unpaired) electrons. The molecule has 164 valence electrons. The van der Waals surface area contributed by atoms with Gasteiger partial charge in [-0.3, -0.25) is 9.89 Å². The summed E-state index contributed by atoms with van der Waals surface area (Å²) in [5.41, 5.74) is 1.28. The molecule has 2 aliphatic rings. The monoisotopic (exact) mass is 516 g/mol. The lowest BCUT2D eigenvalue weighted by Gasteiger charge is -2.29. The maximum atomic E-state index is 5.54. The molecule has 2 saturated heterocycles. The van der Waals surface area contributed by atoms with Crippen LogP contribution < -0.4 is 10.1 Å². The highest BCUT2D eigenvalue weighted by atomic mass is 127. The quantitative estimate of drug-likeness (QED) is 0.326. The summed E-state index contributed by atoms with van der Waals surface area (Å²) >= 11 is 0. The van der Waals surface area contributed by atoms with Gasteiger partial charge in [-0.05, 0) is 57.0 Å². The molecule has 7 heteroatoms. The first-order valence-corrected chi connectivity index (χ1v) is 10.7. The molecular formula is C22H37IN4O2. The van der Waals surface area contributed by atoms with Crippen LogP contribution in [0.1, 0.15) is 37.8 Å². The predicted octanol–water partition coefficient (Wildman–Crippen LogP) is 3.38. The fourth-order valence-corrected chi connectivity index (χ4v) is 4.18. The van der Waals surface area contributed by atoms with Crippen molar-refractivity contribution in [2.75, 3.05) is 60.1 Å². The molecular weight excluding hydrogens is 479 g/mol. The minimum absolute atomic E-state index is 0. The van der Waals surface area contributed by atoms with Crippen LogP contribution in [-0.2, 0) is 4.74 Å². The maximum absolute atomic E-state index is 5.54. The number of ether oxygens (including phenoxy) is 2. The molecule has 0 amide bonds. The second-order valence-electron chi connectivity index (χ2n) is 7.84. The van der Waals surface area contributed by atoms with Crippen LogP contribution in [-0.4, -0.2) is 75.9 Å². The highest BCUT2D eigenvalue weighted by Gasteiger charge is 2.24. The normalized spacial score (nSPS) is 20.9. The van der Waals surface area contributed by atoms with E-state index in [1.807, 2.05) is 6.07 Å². The van der Waals surface area contributed by atoms with E-state index in [1.165, 1.54) is 18.4 Å². The van der Waals surface area contributed by atoms with Gasteiger partial charge < -0.3 is 19.7 Å². The van der Waals surface area contributed by atoms with Crippen molar-refractivity contribution in [3.05, 3.63) is 29.8 Å². The van der Waals surface area contributed by atoms with Gasteiger partial charge in [0.05, 0.1) is 26.3 Å². The first-order chi connectivity index (χ1) is 13.7. The fraction of sp³-hybridized carbons (Fsp3) is 0.682. The molecule has 1 aromatic rings. The Morgan fingerprint density at radius 1 is 1.38 bits per heavy atom. The molecule has 0 aromatic heterocycles. The van der Waals surface area contributed by atoms with Crippen molar-refractivity contribution in [3.8, 4) is 5.75 Å². The van der Waals surface area contributed by atoms with E-state index in [9.17, 15) is 0 Å². The van der Waals surface area contributed by atoms with Crippen molar-refractivity contribution in [3.63, 3.8) is 0 Å². The number of aliphatic imine (C=N–C) groups is 1. The highest BCUT2D eigenvalue weighted by molar-refractivity contribution is 14.0. The molecule has 0 bridgehead atoms. The second kappa shape index (κ2) is 12.6. The van der Waals surface area contributed by atoms with E-state index in [1.54, 1.807) is 7.11 Å². The average Bonchev–Trinajstić information content (AvgIpc) is 3.42. The van der Waals surface area contributed by atoms with Gasteiger partial charge in [0.15, 0.2) is 5.96 Å². The summed E-state index contributed by atoms with van der Waals surface area (Å²) in [5.74, 6) is 2.50. The van der Waals surface area contributed by atoms with Gasteiger partial charge in [-0.25, -0.2) is 0 Å². The van der Waals surface area contributed by atoms with Crippen molar-refractivity contribution in [2.24, 2.45) is 10.9 Å². The van der Waals surface area contributed by atoms with Gasteiger partial charge in [-0.2, -0.15) is 0 Å². The molecule has 2 aliphatic heterocycles. The number of hydrogen-bond acceptors (Lipinski definition) is 4. The van der Waals surface area contributed by atoms with Gasteiger partial charge in [-0.1, -0.05) is 12.1 Å². The molecule has 29 heavy (non-hydrogen) atoms. The van der Waals surface area contributed by atoms with E-state index in [0.717, 1.165) is 64.1 Å². The lowest BCUT2D eigenvalue weighted by atomic mass is 10.1. The molecule has 2 atom stereocenters. The van der Waals surface area contributed by atoms with Gasteiger partial charge in [0.2, 0.25) is 0 Å². The van der Waals surface area contributed by atoms with Crippen LogP contribution in [0.3, 0.4) is 0 Å². The average molecular weight is 516 g/mol. The van der Waals surface area contributed by atoms with Crippen LogP contribution in [0.5, 0.6) is 5.75 Å². The van der Waals surface area contributed by atoms with Crippen molar-refractivity contribution >= 4 is 29.9 Å². The third-order valence-electron chi connectivity index (χ3n) is 5.73. The summed E-state index contributed by atoms with van der Waals surface area (Å²) in [6, 6.07) is 8.74. The molecule has 2 unspecified atom stereocenters. The van der Waals surface area contributed by atoms with Crippen molar-refractivity contribution in [1.29, 1.82) is 0 Å². The summed E-state index contributed by atoms with van der Waals surface area (Å²) in [7, 11) is 3.86. The number of hydrogen-bond donors (Lipinski definition) is 1. The first kappa shape index (κ1) is 24.2. The third kappa shape index (κ3) is 7.00. The highest BCUT2D eigenvalue weighted by Crippen LogP contribution is 2.28. The van der Waals surface area contributed by atoms with Crippen LogP contribution in [0.4, 0.5) is 0 Å². The second-order valence-corrected chi connectivity index (χ2v) is 7.84. The maximum Gasteiger partial charge on any atom is 0.193 e. The molecule has 0 aliphatic carbocycles. The first-order valence-electron chi connectivity index (χ1n) is 10.7. The van der Waals surface area contributed by atoms with Gasteiger partial charge in [0, 0.05) is 32.7 Å². The van der Waals surface area contributed by atoms with E-state index in [-0.39, 0.29) is 30.0 Å². The molecule has 2 heterocycles. The Bertz CT molecular complexity index is 631. The topological polar surface area (TPSA) is 49.3 Å². The van der Waals surface area contributed by atoms with Gasteiger partial charge >= 0.3 is 0 Å². The Morgan fingerprint density at radius 2 is 2.17 bits per heavy atom. The number of likely N-dealkylation sites (tertiary alicyclic amines) is 1. The number of benzene rings is 1. The molecule has 3 rings (SSSR count). The summed E-state index contributed by atoms with van der Waals surface area (Å²) in [4.78, 5) is 9.86. The van der Waals surface area contributed by atoms with Crippen LogP contribution in [0.25, 0.3) is 0 Å². The summed E-state index contributed by atoms with van der Waals surface area (Å²) in [5, 5.41) is 3.47. The van der Waals surface area contributed by atoms with E-state index in [4.69, 9.17) is 14.5 Å². The Hall–Kier alpha value is -1.06. The van der Waals surface area contributed by atoms with Crippen LogP contribution >= 0.6 is 24.0 Å². The minimum Gasteiger partial charge on any atom is -0.497 e. The Kier molecular flexibility index (Phi) is 10.5. The number of methoxy groups -OCH3 is 1. The number of halogens is 1. The Labute approximate surface area is 193 Å². The molecule has 0 spiro atoms. The molecule has 6 nitrogen and oxygen atoms in total. The predicted molar refractivity (Wildman–Crippen MR) is 129 cm³/mol. The van der Waals surface area contributed by atoms with Crippen molar-refractivity contribution in [2.45, 2.75) is 32.2 Å². The van der Waals surface area contributed by atoms with E-state index in [2.05, 4.69) is 47.3 Å². The van der Waals surface area contributed by atoms with Gasteiger partial charge in [-0.15, -0.1) is 24.0 Å². The minimum atomic E-state index is 0. The molecule has 1 N–H and O–H groups in total. The van der Waals surface area contributed by atoms with Gasteiger partial charge in [0.1, 0.15) is 5.75 Å². The Morgan fingerprint density at radius 3 is 2.83 bits per heavy atom. The zero-order valence-corrected chi connectivity index (χ0v) is 20.4. The summed E-state index contributed by atoms with van der Waals surface area (Å²) in [6.07, 6.45) is 3.68. The molecule has 2 fully saturated rings.